The number of carbonyl (C=O) groups excluding carboxylic acids is 2. The molecule has 0 aliphatic carbocycles. The molecule has 0 saturated heterocycles. The molecule has 0 aromatic heterocycles. The van der Waals surface area contributed by atoms with E-state index in [9.17, 15) is 9.59 Å². The predicted octanol–water partition coefficient (Wildman–Crippen LogP) is 4.52. The topological polar surface area (TPSA) is 49.4 Å². The Labute approximate surface area is 176 Å². The Morgan fingerprint density at radius 2 is 1.68 bits per heavy atom. The van der Waals surface area contributed by atoms with Crippen LogP contribution in [0.1, 0.15) is 31.4 Å². The highest BCUT2D eigenvalue weighted by molar-refractivity contribution is 6.36. The van der Waals surface area contributed by atoms with Gasteiger partial charge in [-0.15, -0.1) is 0 Å². The minimum Gasteiger partial charge on any atom is -0.354 e. The molecule has 150 valence electrons. The average molecular weight is 421 g/mol. The minimum atomic E-state index is -0.580. The highest BCUT2D eigenvalue weighted by Crippen LogP contribution is 2.25. The fourth-order valence-electron chi connectivity index (χ4n) is 2.92. The molecule has 0 bridgehead atoms. The molecule has 1 unspecified atom stereocenters. The summed E-state index contributed by atoms with van der Waals surface area (Å²) < 4.78 is 0. The molecule has 2 rings (SSSR count). The van der Waals surface area contributed by atoms with Gasteiger partial charge in [0.25, 0.3) is 0 Å². The SMILES string of the molecule is CCCNC(=O)C(C)N(CCc1ccccc1)C(=O)Cc1c(Cl)cccc1Cl. The zero-order chi connectivity index (χ0) is 20.5. The first-order valence-corrected chi connectivity index (χ1v) is 10.2. The number of hydrogen-bond donors (Lipinski definition) is 1. The second kappa shape index (κ2) is 11.1. The van der Waals surface area contributed by atoms with Gasteiger partial charge >= 0.3 is 0 Å². The Morgan fingerprint density at radius 1 is 1.04 bits per heavy atom. The molecule has 1 atom stereocenters. The van der Waals surface area contributed by atoms with Crippen molar-refractivity contribution in [2.75, 3.05) is 13.1 Å². The van der Waals surface area contributed by atoms with E-state index >= 15 is 0 Å². The van der Waals surface area contributed by atoms with E-state index in [-0.39, 0.29) is 18.2 Å². The zero-order valence-corrected chi connectivity index (χ0v) is 17.8. The van der Waals surface area contributed by atoms with E-state index in [4.69, 9.17) is 23.2 Å². The molecule has 1 N–H and O–H groups in total. The second-order valence-corrected chi connectivity index (χ2v) is 7.48. The molecule has 6 heteroatoms. The van der Waals surface area contributed by atoms with Gasteiger partial charge < -0.3 is 10.2 Å². The number of halogens is 2. The quantitative estimate of drug-likeness (QED) is 0.647. The number of benzene rings is 2. The van der Waals surface area contributed by atoms with E-state index in [0.29, 0.717) is 35.1 Å². The Hall–Kier alpha value is -2.04. The van der Waals surface area contributed by atoms with E-state index in [1.165, 1.54) is 0 Å². The van der Waals surface area contributed by atoms with Gasteiger partial charge in [0, 0.05) is 23.1 Å². The predicted molar refractivity (Wildman–Crippen MR) is 115 cm³/mol. The number of nitrogens with one attached hydrogen (secondary N) is 1. The molecule has 0 aliphatic heterocycles. The van der Waals surface area contributed by atoms with Crippen LogP contribution in [0, 0.1) is 0 Å². The summed E-state index contributed by atoms with van der Waals surface area (Å²) in [6.45, 7) is 4.76. The third kappa shape index (κ3) is 6.25. The molecule has 0 heterocycles. The zero-order valence-electron chi connectivity index (χ0n) is 16.3. The van der Waals surface area contributed by atoms with Crippen LogP contribution < -0.4 is 5.32 Å². The van der Waals surface area contributed by atoms with Crippen molar-refractivity contribution in [1.29, 1.82) is 0 Å². The summed E-state index contributed by atoms with van der Waals surface area (Å²) in [7, 11) is 0. The number of rotatable bonds is 9. The van der Waals surface area contributed by atoms with Crippen molar-refractivity contribution in [3.63, 3.8) is 0 Å². The molecule has 2 aromatic rings. The third-order valence-corrected chi connectivity index (χ3v) is 5.30. The molecule has 28 heavy (non-hydrogen) atoms. The van der Waals surface area contributed by atoms with Crippen LogP contribution in [0.3, 0.4) is 0 Å². The molecule has 0 aliphatic rings. The standard InChI is InChI=1S/C22H26Cl2N2O2/c1-3-13-25-22(28)16(2)26(14-12-17-8-5-4-6-9-17)21(27)15-18-19(23)10-7-11-20(18)24/h4-11,16H,3,12-15H2,1-2H3,(H,25,28). The molecule has 4 nitrogen and oxygen atoms in total. The molecule has 0 fully saturated rings. The van der Waals surface area contributed by atoms with Crippen molar-refractivity contribution >= 4 is 35.0 Å². The number of nitrogens with zero attached hydrogens (tertiary/aromatic N) is 1. The van der Waals surface area contributed by atoms with Crippen LogP contribution in [0.5, 0.6) is 0 Å². The van der Waals surface area contributed by atoms with Gasteiger partial charge in [-0.05, 0) is 43.0 Å². The maximum Gasteiger partial charge on any atom is 0.242 e. The van der Waals surface area contributed by atoms with Crippen LogP contribution in [-0.2, 0) is 22.4 Å². The number of amides is 2. The molecule has 0 saturated carbocycles. The lowest BCUT2D eigenvalue weighted by atomic mass is 10.1. The summed E-state index contributed by atoms with van der Waals surface area (Å²) in [6.07, 6.45) is 1.55. The third-order valence-electron chi connectivity index (χ3n) is 4.59. The van der Waals surface area contributed by atoms with Gasteiger partial charge in [-0.3, -0.25) is 9.59 Å². The molecule has 2 aromatic carbocycles. The van der Waals surface area contributed by atoms with Gasteiger partial charge in [0.15, 0.2) is 0 Å². The van der Waals surface area contributed by atoms with E-state index < -0.39 is 6.04 Å². The van der Waals surface area contributed by atoms with Gasteiger partial charge in [-0.25, -0.2) is 0 Å². The highest BCUT2D eigenvalue weighted by Gasteiger charge is 2.26. The smallest absolute Gasteiger partial charge is 0.242 e. The first-order valence-electron chi connectivity index (χ1n) is 9.48. The van der Waals surface area contributed by atoms with Crippen molar-refractivity contribution in [3.05, 3.63) is 69.7 Å². The van der Waals surface area contributed by atoms with Gasteiger partial charge in [0.2, 0.25) is 11.8 Å². The normalized spacial score (nSPS) is 11.7. The number of hydrogen-bond acceptors (Lipinski definition) is 2. The Kier molecular flexibility index (Phi) is 8.81. The Balaban J connectivity index is 2.18. The van der Waals surface area contributed by atoms with Crippen LogP contribution in [0.2, 0.25) is 10.0 Å². The Morgan fingerprint density at radius 3 is 2.29 bits per heavy atom. The van der Waals surface area contributed by atoms with Gasteiger partial charge in [-0.2, -0.15) is 0 Å². The number of carbonyl (C=O) groups is 2. The monoisotopic (exact) mass is 420 g/mol. The van der Waals surface area contributed by atoms with E-state index in [2.05, 4.69) is 5.32 Å². The highest BCUT2D eigenvalue weighted by atomic mass is 35.5. The summed E-state index contributed by atoms with van der Waals surface area (Å²) in [6, 6.07) is 14.5. The van der Waals surface area contributed by atoms with Crippen molar-refractivity contribution in [3.8, 4) is 0 Å². The summed E-state index contributed by atoms with van der Waals surface area (Å²) in [5.41, 5.74) is 1.69. The lowest BCUT2D eigenvalue weighted by molar-refractivity contribution is -0.139. The van der Waals surface area contributed by atoms with Crippen LogP contribution >= 0.6 is 23.2 Å². The summed E-state index contributed by atoms with van der Waals surface area (Å²) >= 11 is 12.5. The fraction of sp³-hybridized carbons (Fsp3) is 0.364. The van der Waals surface area contributed by atoms with Crippen molar-refractivity contribution in [2.45, 2.75) is 39.2 Å². The van der Waals surface area contributed by atoms with Crippen molar-refractivity contribution in [2.24, 2.45) is 0 Å². The first-order chi connectivity index (χ1) is 13.4. The van der Waals surface area contributed by atoms with Crippen LogP contribution in [0.25, 0.3) is 0 Å². The molecule has 0 radical (unpaired) electrons. The average Bonchev–Trinajstić information content (AvgIpc) is 2.69. The van der Waals surface area contributed by atoms with Crippen LogP contribution in [-0.4, -0.2) is 35.8 Å². The first kappa shape index (κ1) is 22.3. The Bertz CT molecular complexity index is 776. The second-order valence-electron chi connectivity index (χ2n) is 6.67. The minimum absolute atomic E-state index is 0.0543. The summed E-state index contributed by atoms with van der Waals surface area (Å²) in [5.74, 6) is -0.335. The summed E-state index contributed by atoms with van der Waals surface area (Å²) in [5, 5.41) is 3.77. The van der Waals surface area contributed by atoms with E-state index in [1.54, 1.807) is 30.0 Å². The lowest BCUT2D eigenvalue weighted by Gasteiger charge is -2.29. The lowest BCUT2D eigenvalue weighted by Crippen LogP contribution is -2.49. The maximum absolute atomic E-state index is 13.1. The molecule has 2 amide bonds. The van der Waals surface area contributed by atoms with Gasteiger partial charge in [-0.1, -0.05) is 66.5 Å². The van der Waals surface area contributed by atoms with Crippen molar-refractivity contribution < 1.29 is 9.59 Å². The van der Waals surface area contributed by atoms with E-state index in [0.717, 1.165) is 12.0 Å². The van der Waals surface area contributed by atoms with Crippen LogP contribution in [0.4, 0.5) is 0 Å². The fourth-order valence-corrected chi connectivity index (χ4v) is 3.45. The maximum atomic E-state index is 13.1. The van der Waals surface area contributed by atoms with Gasteiger partial charge in [0.05, 0.1) is 6.42 Å². The van der Waals surface area contributed by atoms with Crippen LogP contribution in [0.15, 0.2) is 48.5 Å². The van der Waals surface area contributed by atoms with E-state index in [1.807, 2.05) is 37.3 Å². The largest absolute Gasteiger partial charge is 0.354 e. The molecule has 0 spiro atoms. The van der Waals surface area contributed by atoms with Gasteiger partial charge in [0.1, 0.15) is 6.04 Å². The molecular formula is C22H26Cl2N2O2. The van der Waals surface area contributed by atoms with Crippen molar-refractivity contribution in [1.82, 2.24) is 10.2 Å². The molecular weight excluding hydrogens is 395 g/mol. The summed E-state index contributed by atoms with van der Waals surface area (Å²) in [4.78, 5) is 27.2.